The van der Waals surface area contributed by atoms with E-state index < -0.39 is 0 Å². The molecule has 0 aliphatic heterocycles. The van der Waals surface area contributed by atoms with Gasteiger partial charge in [-0.25, -0.2) is 0 Å². The first-order valence-electron chi connectivity index (χ1n) is 10.7. The first kappa shape index (κ1) is 22.9. The summed E-state index contributed by atoms with van der Waals surface area (Å²) in [5, 5.41) is 9.95. The van der Waals surface area contributed by atoms with Gasteiger partial charge in [-0.1, -0.05) is 29.8 Å². The van der Waals surface area contributed by atoms with Crippen LogP contribution in [-0.4, -0.2) is 39.7 Å². The summed E-state index contributed by atoms with van der Waals surface area (Å²) in [4.78, 5) is 28.3. The summed E-state index contributed by atoms with van der Waals surface area (Å²) in [7, 11) is 0. The first-order chi connectivity index (χ1) is 15.4. The molecule has 0 saturated heterocycles. The van der Waals surface area contributed by atoms with Crippen LogP contribution < -0.4 is 10.6 Å². The highest BCUT2D eigenvalue weighted by molar-refractivity contribution is 5.98. The fraction of sp³-hybridized carbons (Fsp3) is 0.280. The molecule has 2 aromatic heterocycles. The van der Waals surface area contributed by atoms with Crippen LogP contribution in [0.2, 0.25) is 0 Å². The highest BCUT2D eigenvalue weighted by Crippen LogP contribution is 2.17. The lowest BCUT2D eigenvalue weighted by molar-refractivity contribution is 0.0951. The topological polar surface area (TPSA) is 88.9 Å². The van der Waals surface area contributed by atoms with Crippen LogP contribution in [0.25, 0.3) is 6.08 Å². The molecule has 0 fully saturated rings. The van der Waals surface area contributed by atoms with Crippen LogP contribution in [0.1, 0.15) is 55.6 Å². The molecular weight excluding hydrogens is 402 g/mol. The molecule has 1 aromatic carbocycles. The van der Waals surface area contributed by atoms with Gasteiger partial charge in [-0.3, -0.25) is 19.3 Å². The van der Waals surface area contributed by atoms with Gasteiger partial charge in [-0.05, 0) is 56.5 Å². The first-order valence-corrected chi connectivity index (χ1v) is 10.7. The third-order valence-corrected chi connectivity index (χ3v) is 5.10. The monoisotopic (exact) mass is 431 g/mol. The van der Waals surface area contributed by atoms with Crippen LogP contribution >= 0.6 is 0 Å². The van der Waals surface area contributed by atoms with Crippen molar-refractivity contribution in [2.75, 3.05) is 13.1 Å². The smallest absolute Gasteiger partial charge is 0.269 e. The zero-order valence-corrected chi connectivity index (χ0v) is 19.0. The number of hydrogen-bond acceptors (Lipinski definition) is 4. The van der Waals surface area contributed by atoms with E-state index in [-0.39, 0.29) is 17.5 Å². The molecule has 3 aromatic rings. The number of amides is 2. The molecule has 2 amide bonds. The summed E-state index contributed by atoms with van der Waals surface area (Å²) >= 11 is 0. The van der Waals surface area contributed by atoms with Gasteiger partial charge in [0.2, 0.25) is 0 Å². The van der Waals surface area contributed by atoms with Crippen LogP contribution in [-0.2, 0) is 6.54 Å². The molecule has 0 bridgehead atoms. The number of aromatic nitrogens is 3. The van der Waals surface area contributed by atoms with Crippen molar-refractivity contribution in [3.63, 3.8) is 0 Å². The lowest BCUT2D eigenvalue weighted by Crippen LogP contribution is -2.26. The van der Waals surface area contributed by atoms with Crippen molar-refractivity contribution >= 4 is 17.9 Å². The Hall–Kier alpha value is -3.74. The summed E-state index contributed by atoms with van der Waals surface area (Å²) < 4.78 is 1.92. The van der Waals surface area contributed by atoms with Gasteiger partial charge >= 0.3 is 0 Å². The summed E-state index contributed by atoms with van der Waals surface area (Å²) in [6.45, 7) is 9.78. The minimum Gasteiger partial charge on any atom is -0.351 e. The Morgan fingerprint density at radius 1 is 1.06 bits per heavy atom. The van der Waals surface area contributed by atoms with Crippen LogP contribution in [0.3, 0.4) is 0 Å². The zero-order chi connectivity index (χ0) is 23.1. The molecule has 0 aliphatic carbocycles. The second kappa shape index (κ2) is 10.5. The SMILES string of the molecule is CCNC(=O)c1cc(C(=O)NC/C=C/c2cnn(Cc3c(C)cc(C)cc3C)c2)ccn1. The number of aryl methyl sites for hydroxylation is 3. The normalized spacial score (nSPS) is 11.0. The maximum Gasteiger partial charge on any atom is 0.269 e. The predicted molar refractivity (Wildman–Crippen MR) is 126 cm³/mol. The van der Waals surface area contributed by atoms with E-state index in [4.69, 9.17) is 0 Å². The average molecular weight is 432 g/mol. The molecule has 2 N–H and O–H groups in total. The van der Waals surface area contributed by atoms with Gasteiger partial charge in [0.05, 0.1) is 12.7 Å². The Balaban J connectivity index is 1.55. The van der Waals surface area contributed by atoms with Crippen molar-refractivity contribution in [3.05, 3.63) is 88.0 Å². The highest BCUT2D eigenvalue weighted by atomic mass is 16.2. The lowest BCUT2D eigenvalue weighted by Gasteiger charge is -2.11. The Morgan fingerprint density at radius 3 is 2.53 bits per heavy atom. The molecule has 0 spiro atoms. The van der Waals surface area contributed by atoms with Crippen LogP contribution in [0, 0.1) is 20.8 Å². The Labute approximate surface area is 188 Å². The van der Waals surface area contributed by atoms with E-state index in [1.165, 1.54) is 34.5 Å². The quantitative estimate of drug-likeness (QED) is 0.572. The van der Waals surface area contributed by atoms with E-state index in [0.717, 1.165) is 12.1 Å². The van der Waals surface area contributed by atoms with Gasteiger partial charge in [0.1, 0.15) is 5.69 Å². The molecule has 32 heavy (non-hydrogen) atoms. The van der Waals surface area contributed by atoms with Crippen LogP contribution in [0.4, 0.5) is 0 Å². The van der Waals surface area contributed by atoms with Crippen molar-refractivity contribution in [2.24, 2.45) is 0 Å². The largest absolute Gasteiger partial charge is 0.351 e. The fourth-order valence-corrected chi connectivity index (χ4v) is 3.57. The summed E-state index contributed by atoms with van der Waals surface area (Å²) in [5.41, 5.74) is 6.67. The number of nitrogens with zero attached hydrogens (tertiary/aromatic N) is 3. The minimum atomic E-state index is -0.296. The van der Waals surface area contributed by atoms with Gasteiger partial charge in [0.15, 0.2) is 0 Å². The molecule has 7 heteroatoms. The van der Waals surface area contributed by atoms with Gasteiger partial charge in [-0.2, -0.15) is 5.10 Å². The molecule has 0 unspecified atom stereocenters. The van der Waals surface area contributed by atoms with Gasteiger partial charge in [-0.15, -0.1) is 0 Å². The summed E-state index contributed by atoms with van der Waals surface area (Å²) in [5.74, 6) is -0.557. The van der Waals surface area contributed by atoms with Gasteiger partial charge in [0, 0.05) is 36.6 Å². The van der Waals surface area contributed by atoms with E-state index in [1.807, 2.05) is 30.0 Å². The number of carbonyl (C=O) groups is 2. The summed E-state index contributed by atoms with van der Waals surface area (Å²) in [6.07, 6.45) is 9.04. The van der Waals surface area contributed by atoms with E-state index in [9.17, 15) is 9.59 Å². The number of carbonyl (C=O) groups excluding carboxylic acids is 2. The van der Waals surface area contributed by atoms with Crippen molar-refractivity contribution < 1.29 is 9.59 Å². The van der Waals surface area contributed by atoms with Crippen molar-refractivity contribution in [2.45, 2.75) is 34.2 Å². The van der Waals surface area contributed by atoms with E-state index in [0.29, 0.717) is 18.7 Å². The fourth-order valence-electron chi connectivity index (χ4n) is 3.57. The third-order valence-electron chi connectivity index (χ3n) is 5.10. The Morgan fingerprint density at radius 2 is 1.81 bits per heavy atom. The molecule has 166 valence electrons. The van der Waals surface area contributed by atoms with E-state index in [1.54, 1.807) is 12.3 Å². The van der Waals surface area contributed by atoms with Crippen LogP contribution in [0.5, 0.6) is 0 Å². The molecule has 0 aliphatic rings. The molecule has 0 saturated carbocycles. The Bertz CT molecular complexity index is 1120. The molecule has 3 rings (SSSR count). The van der Waals surface area contributed by atoms with Crippen molar-refractivity contribution in [1.82, 2.24) is 25.4 Å². The van der Waals surface area contributed by atoms with Gasteiger partial charge < -0.3 is 10.6 Å². The maximum absolute atomic E-state index is 12.4. The second-order valence-corrected chi connectivity index (χ2v) is 7.75. The number of hydrogen-bond donors (Lipinski definition) is 2. The minimum absolute atomic E-state index is 0.224. The maximum atomic E-state index is 12.4. The summed E-state index contributed by atoms with van der Waals surface area (Å²) in [6, 6.07) is 7.46. The molecular formula is C25H29N5O2. The van der Waals surface area contributed by atoms with Gasteiger partial charge in [0.25, 0.3) is 11.8 Å². The Kier molecular flexibility index (Phi) is 7.54. The standard InChI is InChI=1S/C25H29N5O2/c1-5-26-25(32)23-13-21(8-10-27-23)24(31)28-9-6-7-20-14-29-30(15-20)16-22-18(3)11-17(2)12-19(22)4/h6-8,10-15H,5,9,16H2,1-4H3,(H,26,32)(H,28,31)/b7-6+. The number of nitrogens with one attached hydrogen (secondary N) is 2. The molecule has 2 heterocycles. The lowest BCUT2D eigenvalue weighted by atomic mass is 10.00. The number of rotatable bonds is 8. The molecule has 0 atom stereocenters. The second-order valence-electron chi connectivity index (χ2n) is 7.75. The van der Waals surface area contributed by atoms with E-state index >= 15 is 0 Å². The molecule has 7 nitrogen and oxygen atoms in total. The predicted octanol–water partition coefficient (Wildman–Crippen LogP) is 3.44. The highest BCUT2D eigenvalue weighted by Gasteiger charge is 2.10. The number of benzene rings is 1. The van der Waals surface area contributed by atoms with Crippen LogP contribution in [0.15, 0.2) is 48.9 Å². The number of pyridine rings is 1. The van der Waals surface area contributed by atoms with Crippen molar-refractivity contribution in [1.29, 1.82) is 0 Å². The third kappa shape index (κ3) is 5.91. The zero-order valence-electron chi connectivity index (χ0n) is 19.0. The molecule has 0 radical (unpaired) electrons. The van der Waals surface area contributed by atoms with Crippen molar-refractivity contribution in [3.8, 4) is 0 Å². The van der Waals surface area contributed by atoms with E-state index in [2.05, 4.69) is 53.6 Å². The average Bonchev–Trinajstić information content (AvgIpc) is 3.21.